The molecular weight excluding hydrogens is 450 g/mol. The summed E-state index contributed by atoms with van der Waals surface area (Å²) >= 11 is 0. The summed E-state index contributed by atoms with van der Waals surface area (Å²) in [7, 11) is 0. The Morgan fingerprint density at radius 2 is 1.22 bits per heavy atom. The number of amides is 2. The minimum absolute atomic E-state index is 0.0490. The van der Waals surface area contributed by atoms with E-state index in [1.54, 1.807) is 12.1 Å². The molecule has 3 aromatic rings. The number of fused-ring (bicyclic) bond motifs is 5. The molecule has 6 rings (SSSR count). The maximum atomic E-state index is 13.7. The number of anilines is 1. The third-order valence-corrected chi connectivity index (χ3v) is 7.74. The van der Waals surface area contributed by atoms with Gasteiger partial charge in [0.15, 0.2) is 0 Å². The van der Waals surface area contributed by atoms with Crippen LogP contribution >= 0.6 is 0 Å². The summed E-state index contributed by atoms with van der Waals surface area (Å²) in [5.41, 5.74) is 7.06. The van der Waals surface area contributed by atoms with Gasteiger partial charge in [0, 0.05) is 11.8 Å². The number of hydrogen-bond acceptors (Lipinski definition) is 3. The molecule has 0 unspecified atom stereocenters. The molecule has 1 saturated carbocycles. The SMILES string of the molecule is Cc1ccc(C(=C2[C@H]3C=C[C@H]2[C@H]2C(=O)N(c4cccc(C(=O)O)c4)C(=O)[C@H]23)c2ccc(C)cc2)cc1. The summed E-state index contributed by atoms with van der Waals surface area (Å²) in [5, 5.41) is 9.38. The van der Waals surface area contributed by atoms with Crippen LogP contribution in [0.25, 0.3) is 5.57 Å². The van der Waals surface area contributed by atoms with Crippen molar-refractivity contribution in [3.63, 3.8) is 0 Å². The number of aromatic carboxylic acids is 1. The molecule has 3 aliphatic rings. The Bertz CT molecular complexity index is 1400. The molecule has 36 heavy (non-hydrogen) atoms. The fraction of sp³-hybridized carbons (Fsp3) is 0.194. The molecule has 0 spiro atoms. The highest BCUT2D eigenvalue weighted by molar-refractivity contribution is 6.23. The molecule has 1 heterocycles. The molecule has 3 aromatic carbocycles. The fourth-order valence-electron chi connectivity index (χ4n) is 6.07. The third kappa shape index (κ3) is 3.27. The number of nitrogens with zero attached hydrogens (tertiary/aromatic N) is 1. The number of imide groups is 1. The van der Waals surface area contributed by atoms with Gasteiger partial charge < -0.3 is 5.11 Å². The molecule has 0 radical (unpaired) electrons. The number of carboxylic acid groups (broad SMARTS) is 1. The number of rotatable bonds is 4. The predicted molar refractivity (Wildman–Crippen MR) is 137 cm³/mol. The van der Waals surface area contributed by atoms with E-state index in [9.17, 15) is 19.5 Å². The van der Waals surface area contributed by atoms with Crippen molar-refractivity contribution in [2.75, 3.05) is 4.90 Å². The van der Waals surface area contributed by atoms with E-state index >= 15 is 0 Å². The van der Waals surface area contributed by atoms with Gasteiger partial charge in [0.1, 0.15) is 0 Å². The lowest BCUT2D eigenvalue weighted by Crippen LogP contribution is -2.33. The van der Waals surface area contributed by atoms with Crippen molar-refractivity contribution in [1.29, 1.82) is 0 Å². The number of allylic oxidation sites excluding steroid dienone is 3. The van der Waals surface area contributed by atoms with Gasteiger partial charge in [-0.25, -0.2) is 9.69 Å². The average Bonchev–Trinajstić information content (AvgIpc) is 3.50. The van der Waals surface area contributed by atoms with Crippen molar-refractivity contribution in [3.8, 4) is 0 Å². The first kappa shape index (κ1) is 22.2. The minimum Gasteiger partial charge on any atom is -0.478 e. The minimum atomic E-state index is -1.09. The maximum Gasteiger partial charge on any atom is 0.335 e. The molecule has 1 aliphatic heterocycles. The summed E-state index contributed by atoms with van der Waals surface area (Å²) in [5.74, 6) is -2.93. The van der Waals surface area contributed by atoms with Crippen molar-refractivity contribution in [1.82, 2.24) is 0 Å². The molecule has 2 aliphatic carbocycles. The van der Waals surface area contributed by atoms with Gasteiger partial charge in [-0.2, -0.15) is 0 Å². The third-order valence-electron chi connectivity index (χ3n) is 7.74. The van der Waals surface area contributed by atoms with Crippen molar-refractivity contribution >= 4 is 29.0 Å². The predicted octanol–water partition coefficient (Wildman–Crippen LogP) is 5.43. The van der Waals surface area contributed by atoms with Crippen LogP contribution in [-0.4, -0.2) is 22.9 Å². The van der Waals surface area contributed by atoms with Gasteiger partial charge in [-0.15, -0.1) is 0 Å². The Labute approximate surface area is 209 Å². The van der Waals surface area contributed by atoms with Crippen molar-refractivity contribution in [2.24, 2.45) is 23.7 Å². The topological polar surface area (TPSA) is 74.7 Å². The second kappa shape index (κ2) is 8.16. The number of carboxylic acids is 1. The summed E-state index contributed by atoms with van der Waals surface area (Å²) in [6.07, 6.45) is 4.15. The first-order valence-electron chi connectivity index (χ1n) is 12.1. The molecule has 2 bridgehead atoms. The lowest BCUT2D eigenvalue weighted by molar-refractivity contribution is -0.122. The molecule has 0 aromatic heterocycles. The van der Waals surface area contributed by atoms with Crippen LogP contribution in [0.15, 0.2) is 90.5 Å². The van der Waals surface area contributed by atoms with Gasteiger partial charge >= 0.3 is 5.97 Å². The van der Waals surface area contributed by atoms with Crippen LogP contribution in [0.3, 0.4) is 0 Å². The molecule has 2 fully saturated rings. The Hall–Kier alpha value is -4.25. The summed E-state index contributed by atoms with van der Waals surface area (Å²) in [6.45, 7) is 4.11. The molecule has 4 atom stereocenters. The van der Waals surface area contributed by atoms with Crippen LogP contribution in [0, 0.1) is 37.5 Å². The van der Waals surface area contributed by atoms with Crippen molar-refractivity contribution in [2.45, 2.75) is 13.8 Å². The van der Waals surface area contributed by atoms with E-state index in [4.69, 9.17) is 0 Å². The van der Waals surface area contributed by atoms with Gasteiger partial charge in [-0.05, 0) is 54.3 Å². The van der Waals surface area contributed by atoms with E-state index in [0.29, 0.717) is 5.69 Å². The molecular formula is C31H25NO4. The lowest BCUT2D eigenvalue weighted by Gasteiger charge is -2.22. The van der Waals surface area contributed by atoms with Crippen LogP contribution in [0.5, 0.6) is 0 Å². The normalized spacial score (nSPS) is 23.9. The number of benzene rings is 3. The first-order valence-corrected chi connectivity index (χ1v) is 12.1. The monoisotopic (exact) mass is 475 g/mol. The van der Waals surface area contributed by atoms with Crippen LogP contribution in [0.1, 0.15) is 32.6 Å². The second-order valence-electron chi connectivity index (χ2n) is 9.92. The van der Waals surface area contributed by atoms with E-state index in [2.05, 4.69) is 74.5 Å². The molecule has 1 saturated heterocycles. The standard InChI is InChI=1S/C31H25NO4/c1-17-6-10-19(11-7-17)25(20-12-8-18(2)9-13-20)26-23-14-15-24(26)28-27(23)29(33)32(30(28)34)22-5-3-4-21(16-22)31(35)36/h3-16,23-24,27-28H,1-2H3,(H,35,36)/t23-,24-,27-,28+/m1/s1. The zero-order chi connectivity index (χ0) is 25.1. The molecule has 178 valence electrons. The molecule has 2 amide bonds. The van der Waals surface area contributed by atoms with Crippen LogP contribution < -0.4 is 4.90 Å². The summed E-state index contributed by atoms with van der Waals surface area (Å²) in [6, 6.07) is 22.8. The van der Waals surface area contributed by atoms with E-state index < -0.39 is 17.8 Å². The molecule has 5 heteroatoms. The van der Waals surface area contributed by atoms with Crippen LogP contribution in [0.4, 0.5) is 5.69 Å². The highest BCUT2D eigenvalue weighted by atomic mass is 16.4. The molecule has 1 N–H and O–H groups in total. The fourth-order valence-corrected chi connectivity index (χ4v) is 6.07. The highest BCUT2D eigenvalue weighted by Gasteiger charge is 2.62. The van der Waals surface area contributed by atoms with E-state index in [1.165, 1.54) is 28.2 Å². The average molecular weight is 476 g/mol. The number of carbonyl (C=O) groups is 3. The maximum absolute atomic E-state index is 13.7. The Morgan fingerprint density at radius 1 is 0.722 bits per heavy atom. The lowest BCUT2D eigenvalue weighted by atomic mass is 9.85. The Balaban J connectivity index is 1.47. The Morgan fingerprint density at radius 3 is 1.69 bits per heavy atom. The summed E-state index contributed by atoms with van der Waals surface area (Å²) in [4.78, 5) is 40.1. The highest BCUT2D eigenvalue weighted by Crippen LogP contribution is 2.58. The number of aryl methyl sites for hydroxylation is 2. The smallest absolute Gasteiger partial charge is 0.335 e. The Kier molecular flexibility index (Phi) is 5.04. The van der Waals surface area contributed by atoms with Gasteiger partial charge in [0.05, 0.1) is 23.1 Å². The second-order valence-corrected chi connectivity index (χ2v) is 9.92. The number of hydrogen-bond donors (Lipinski definition) is 1. The van der Waals surface area contributed by atoms with Crippen molar-refractivity contribution < 1.29 is 19.5 Å². The first-order chi connectivity index (χ1) is 17.3. The zero-order valence-corrected chi connectivity index (χ0v) is 20.0. The largest absolute Gasteiger partial charge is 0.478 e. The zero-order valence-electron chi connectivity index (χ0n) is 20.0. The van der Waals surface area contributed by atoms with Crippen LogP contribution in [0.2, 0.25) is 0 Å². The van der Waals surface area contributed by atoms with E-state index in [1.807, 2.05) is 0 Å². The van der Waals surface area contributed by atoms with Crippen molar-refractivity contribution in [3.05, 3.63) is 118 Å². The quantitative estimate of drug-likeness (QED) is 0.404. The van der Waals surface area contributed by atoms with Gasteiger partial charge in [-0.3, -0.25) is 9.59 Å². The van der Waals surface area contributed by atoms with Gasteiger partial charge in [0.25, 0.3) is 0 Å². The van der Waals surface area contributed by atoms with Gasteiger partial charge in [-0.1, -0.05) is 77.9 Å². The van der Waals surface area contributed by atoms with E-state index in [0.717, 1.165) is 22.3 Å². The van der Waals surface area contributed by atoms with E-state index in [-0.39, 0.29) is 29.2 Å². The number of carbonyl (C=O) groups excluding carboxylic acids is 2. The van der Waals surface area contributed by atoms with Gasteiger partial charge in [0.2, 0.25) is 11.8 Å². The van der Waals surface area contributed by atoms with Crippen LogP contribution in [-0.2, 0) is 9.59 Å². The summed E-state index contributed by atoms with van der Waals surface area (Å²) < 4.78 is 0. The molecule has 5 nitrogen and oxygen atoms in total.